The van der Waals surface area contributed by atoms with Gasteiger partial charge in [0.25, 0.3) is 10.0 Å². The monoisotopic (exact) mass is 270 g/mol. The molecule has 0 aliphatic rings. The van der Waals surface area contributed by atoms with Crippen molar-refractivity contribution in [3.05, 3.63) is 18.0 Å². The molecule has 2 heterocycles. The topological polar surface area (TPSA) is 94.7 Å². The maximum atomic E-state index is 12.1. The first-order valence-electron chi connectivity index (χ1n) is 5.36. The summed E-state index contributed by atoms with van der Waals surface area (Å²) in [4.78, 5) is 0. The van der Waals surface area contributed by atoms with E-state index in [0.29, 0.717) is 12.4 Å². The van der Waals surface area contributed by atoms with Crippen LogP contribution in [-0.4, -0.2) is 33.2 Å². The number of hydrogen-bond donors (Lipinski definition) is 1. The van der Waals surface area contributed by atoms with Crippen molar-refractivity contribution in [2.45, 2.75) is 25.4 Å². The van der Waals surface area contributed by atoms with Gasteiger partial charge in [-0.15, -0.1) is 5.10 Å². The molecule has 0 bridgehead atoms. The Bertz CT molecular complexity index is 656. The summed E-state index contributed by atoms with van der Waals surface area (Å²) in [5.74, 6) is 0.427. The Balaban J connectivity index is 2.36. The highest BCUT2D eigenvalue weighted by molar-refractivity contribution is 7.92. The summed E-state index contributed by atoms with van der Waals surface area (Å²) in [6, 6.07) is 1.67. The van der Waals surface area contributed by atoms with E-state index < -0.39 is 10.0 Å². The number of nitrogens with one attached hydrogen (secondary N) is 1. The van der Waals surface area contributed by atoms with Crippen molar-refractivity contribution in [1.29, 1.82) is 0 Å². The third kappa shape index (κ3) is 2.21. The molecule has 2 aromatic heterocycles. The van der Waals surface area contributed by atoms with Crippen LogP contribution in [0.15, 0.2) is 17.3 Å². The fourth-order valence-electron chi connectivity index (χ4n) is 1.58. The minimum atomic E-state index is -3.69. The number of aromatic nitrogens is 5. The molecule has 1 N–H and O–H groups in total. The summed E-state index contributed by atoms with van der Waals surface area (Å²) in [5.41, 5.74) is 0.748. The summed E-state index contributed by atoms with van der Waals surface area (Å²) in [6.45, 7) is 4.26. The predicted octanol–water partition coefficient (Wildman–Crippen LogP) is 0.141. The van der Waals surface area contributed by atoms with Crippen LogP contribution in [0.5, 0.6) is 0 Å². The van der Waals surface area contributed by atoms with Gasteiger partial charge in [0.1, 0.15) is 5.82 Å². The summed E-state index contributed by atoms with van der Waals surface area (Å²) in [7, 11) is -2.18. The number of hydrogen-bond acceptors (Lipinski definition) is 5. The second-order valence-corrected chi connectivity index (χ2v) is 5.42. The second-order valence-electron chi connectivity index (χ2n) is 3.79. The van der Waals surface area contributed by atoms with Gasteiger partial charge in [-0.3, -0.25) is 4.72 Å². The minimum Gasteiger partial charge on any atom is -0.262 e. The fraction of sp³-hybridized carbons (Fsp3) is 0.444. The third-order valence-corrected chi connectivity index (χ3v) is 3.79. The van der Waals surface area contributed by atoms with Gasteiger partial charge in [0.15, 0.2) is 5.03 Å². The van der Waals surface area contributed by atoms with Crippen molar-refractivity contribution < 1.29 is 8.42 Å². The van der Waals surface area contributed by atoms with Crippen LogP contribution in [0.4, 0.5) is 5.82 Å². The normalized spacial score (nSPS) is 11.7. The molecule has 0 spiro atoms. The van der Waals surface area contributed by atoms with E-state index in [9.17, 15) is 8.42 Å². The van der Waals surface area contributed by atoms with E-state index in [-0.39, 0.29) is 5.03 Å². The number of anilines is 1. The minimum absolute atomic E-state index is 0.00371. The first-order valence-corrected chi connectivity index (χ1v) is 6.84. The van der Waals surface area contributed by atoms with E-state index >= 15 is 0 Å². The van der Waals surface area contributed by atoms with Crippen molar-refractivity contribution in [2.24, 2.45) is 7.05 Å². The van der Waals surface area contributed by atoms with Gasteiger partial charge in [-0.05, 0) is 13.8 Å². The lowest BCUT2D eigenvalue weighted by molar-refractivity contribution is 0.577. The molecule has 0 aliphatic carbocycles. The highest BCUT2D eigenvalue weighted by Crippen LogP contribution is 2.15. The quantitative estimate of drug-likeness (QED) is 0.852. The molecule has 0 fully saturated rings. The highest BCUT2D eigenvalue weighted by Gasteiger charge is 2.20. The largest absolute Gasteiger partial charge is 0.281 e. The van der Waals surface area contributed by atoms with Crippen LogP contribution in [0.2, 0.25) is 0 Å². The Hall–Kier alpha value is -1.90. The molecule has 2 aromatic rings. The molecule has 0 saturated heterocycles. The molecule has 0 aliphatic heterocycles. The second kappa shape index (κ2) is 4.41. The van der Waals surface area contributed by atoms with Crippen LogP contribution in [0.25, 0.3) is 0 Å². The molecule has 2 rings (SSSR count). The smallest absolute Gasteiger partial charge is 0.262 e. The molecular weight excluding hydrogens is 256 g/mol. The first kappa shape index (κ1) is 12.6. The van der Waals surface area contributed by atoms with Crippen molar-refractivity contribution in [3.63, 3.8) is 0 Å². The van der Waals surface area contributed by atoms with E-state index in [1.807, 2.05) is 6.92 Å². The Labute approximate surface area is 105 Å². The highest BCUT2D eigenvalue weighted by atomic mass is 32.2. The first-order chi connectivity index (χ1) is 8.44. The van der Waals surface area contributed by atoms with Crippen LogP contribution < -0.4 is 4.72 Å². The van der Waals surface area contributed by atoms with Crippen molar-refractivity contribution in [2.75, 3.05) is 4.72 Å². The van der Waals surface area contributed by atoms with Crippen LogP contribution in [-0.2, 0) is 23.6 Å². The summed E-state index contributed by atoms with van der Waals surface area (Å²) >= 11 is 0. The standard InChI is InChI=1S/C9H14N6O2S/c1-4-15-8(5-7(2)11-15)12-18(16,17)9-6-10-13-14(9)3/h5-6,12H,4H2,1-3H3. The number of nitrogens with zero attached hydrogens (tertiary/aromatic N) is 5. The Kier molecular flexibility index (Phi) is 3.07. The summed E-state index contributed by atoms with van der Waals surface area (Å²) in [5, 5.41) is 11.3. The maximum absolute atomic E-state index is 12.1. The van der Waals surface area contributed by atoms with Gasteiger partial charge < -0.3 is 0 Å². The van der Waals surface area contributed by atoms with E-state index in [1.54, 1.807) is 17.7 Å². The average molecular weight is 270 g/mol. The number of sulfonamides is 1. The Morgan fingerprint density at radius 2 is 2.17 bits per heavy atom. The van der Waals surface area contributed by atoms with Crippen molar-refractivity contribution in [1.82, 2.24) is 24.8 Å². The van der Waals surface area contributed by atoms with Gasteiger partial charge in [-0.25, -0.2) is 9.36 Å². The van der Waals surface area contributed by atoms with E-state index in [0.717, 1.165) is 5.69 Å². The van der Waals surface area contributed by atoms with Crippen LogP contribution in [0.3, 0.4) is 0 Å². The predicted molar refractivity (Wildman–Crippen MR) is 64.4 cm³/mol. The van der Waals surface area contributed by atoms with Gasteiger partial charge in [0.2, 0.25) is 0 Å². The zero-order chi connectivity index (χ0) is 13.3. The summed E-state index contributed by atoms with van der Waals surface area (Å²) in [6.07, 6.45) is 1.20. The fourth-order valence-corrected chi connectivity index (χ4v) is 2.70. The average Bonchev–Trinajstić information content (AvgIpc) is 2.84. The molecule has 0 radical (unpaired) electrons. The molecule has 0 saturated carbocycles. The van der Waals surface area contributed by atoms with Crippen molar-refractivity contribution >= 4 is 15.8 Å². The SMILES string of the molecule is CCn1nc(C)cc1NS(=O)(=O)c1cnnn1C. The van der Waals surface area contributed by atoms with E-state index in [2.05, 4.69) is 20.1 Å². The summed E-state index contributed by atoms with van der Waals surface area (Å²) < 4.78 is 29.5. The molecule has 0 aromatic carbocycles. The van der Waals surface area contributed by atoms with Crippen molar-refractivity contribution in [3.8, 4) is 0 Å². The lowest BCUT2D eigenvalue weighted by Crippen LogP contribution is -2.18. The third-order valence-electron chi connectivity index (χ3n) is 2.39. The Morgan fingerprint density at radius 3 is 2.72 bits per heavy atom. The van der Waals surface area contributed by atoms with Gasteiger partial charge in [0, 0.05) is 19.7 Å². The Morgan fingerprint density at radius 1 is 1.44 bits per heavy atom. The van der Waals surface area contributed by atoms with E-state index in [4.69, 9.17) is 0 Å². The molecule has 0 amide bonds. The molecular formula is C9H14N6O2S. The van der Waals surface area contributed by atoms with Gasteiger partial charge in [-0.1, -0.05) is 5.21 Å². The number of aryl methyl sites for hydroxylation is 3. The number of rotatable bonds is 4. The van der Waals surface area contributed by atoms with Crippen LogP contribution >= 0.6 is 0 Å². The molecule has 98 valence electrons. The molecule has 0 unspecified atom stereocenters. The lowest BCUT2D eigenvalue weighted by atomic mass is 10.5. The maximum Gasteiger partial charge on any atom is 0.281 e. The van der Waals surface area contributed by atoms with Crippen LogP contribution in [0.1, 0.15) is 12.6 Å². The van der Waals surface area contributed by atoms with Gasteiger partial charge in [-0.2, -0.15) is 13.5 Å². The zero-order valence-electron chi connectivity index (χ0n) is 10.3. The molecule has 8 nitrogen and oxygen atoms in total. The van der Waals surface area contributed by atoms with Gasteiger partial charge >= 0.3 is 0 Å². The van der Waals surface area contributed by atoms with Gasteiger partial charge in [0.05, 0.1) is 11.9 Å². The van der Waals surface area contributed by atoms with Crippen LogP contribution in [0, 0.1) is 6.92 Å². The van der Waals surface area contributed by atoms with E-state index in [1.165, 1.54) is 17.9 Å². The molecule has 0 atom stereocenters. The molecule has 9 heteroatoms. The lowest BCUT2D eigenvalue weighted by Gasteiger charge is -2.08. The molecule has 18 heavy (non-hydrogen) atoms. The zero-order valence-corrected chi connectivity index (χ0v) is 11.1.